The number of aryl methyl sites for hydroxylation is 1. The zero-order valence-corrected chi connectivity index (χ0v) is 9.46. The van der Waals surface area contributed by atoms with Crippen molar-refractivity contribution >= 4 is 5.69 Å². The predicted molar refractivity (Wildman–Crippen MR) is 63.8 cm³/mol. The van der Waals surface area contributed by atoms with Crippen molar-refractivity contribution in [2.45, 2.75) is 20.8 Å². The monoisotopic (exact) mass is 200 g/mol. The molecular formula is C13H16N2. The molecule has 0 aliphatic rings. The van der Waals surface area contributed by atoms with E-state index < -0.39 is 0 Å². The lowest BCUT2D eigenvalue weighted by Gasteiger charge is -2.07. The minimum Gasteiger partial charge on any atom is -0.381 e. The molecule has 0 bridgehead atoms. The summed E-state index contributed by atoms with van der Waals surface area (Å²) in [5, 5.41) is 12.1. The fraction of sp³-hybridized carbons (Fsp3) is 0.308. The predicted octanol–water partition coefficient (Wildman–Crippen LogP) is 3.24. The fourth-order valence-electron chi connectivity index (χ4n) is 1.25. The molecule has 0 unspecified atom stereocenters. The molecule has 15 heavy (non-hydrogen) atoms. The molecule has 1 rings (SSSR count). The molecule has 0 saturated carbocycles. The van der Waals surface area contributed by atoms with Gasteiger partial charge >= 0.3 is 0 Å². The van der Waals surface area contributed by atoms with Crippen LogP contribution in [-0.4, -0.2) is 6.54 Å². The Bertz CT molecular complexity index is 407. The standard InChI is InChI=1S/C13H16N2/c1-10(2)6-7-15-13-8-12(9-14)5-4-11(13)3/h4-6,8,15H,7H2,1-3H3. The quantitative estimate of drug-likeness (QED) is 0.760. The van der Waals surface area contributed by atoms with E-state index in [0.717, 1.165) is 17.8 Å². The van der Waals surface area contributed by atoms with E-state index in [4.69, 9.17) is 5.26 Å². The van der Waals surface area contributed by atoms with Gasteiger partial charge in [-0.15, -0.1) is 0 Å². The minimum atomic E-state index is 0.695. The van der Waals surface area contributed by atoms with Gasteiger partial charge in [-0.3, -0.25) is 0 Å². The van der Waals surface area contributed by atoms with Gasteiger partial charge in [0.1, 0.15) is 0 Å². The molecule has 1 aromatic rings. The van der Waals surface area contributed by atoms with Crippen molar-refractivity contribution in [3.8, 4) is 6.07 Å². The van der Waals surface area contributed by atoms with Crippen molar-refractivity contribution in [1.29, 1.82) is 5.26 Å². The van der Waals surface area contributed by atoms with E-state index in [1.165, 1.54) is 5.57 Å². The van der Waals surface area contributed by atoms with Crippen LogP contribution in [-0.2, 0) is 0 Å². The minimum absolute atomic E-state index is 0.695. The van der Waals surface area contributed by atoms with Crippen molar-refractivity contribution in [1.82, 2.24) is 0 Å². The summed E-state index contributed by atoms with van der Waals surface area (Å²) in [5.74, 6) is 0. The number of anilines is 1. The maximum atomic E-state index is 8.78. The highest BCUT2D eigenvalue weighted by Gasteiger charge is 1.98. The molecule has 0 atom stereocenters. The molecule has 0 aliphatic heterocycles. The zero-order valence-electron chi connectivity index (χ0n) is 9.46. The van der Waals surface area contributed by atoms with Crippen LogP contribution in [0.2, 0.25) is 0 Å². The largest absolute Gasteiger partial charge is 0.381 e. The summed E-state index contributed by atoms with van der Waals surface area (Å²) in [6.07, 6.45) is 2.12. The highest BCUT2D eigenvalue weighted by molar-refractivity contribution is 5.55. The third-order valence-electron chi connectivity index (χ3n) is 2.17. The van der Waals surface area contributed by atoms with Gasteiger partial charge in [0.15, 0.2) is 0 Å². The van der Waals surface area contributed by atoms with Crippen LogP contribution in [0.25, 0.3) is 0 Å². The van der Waals surface area contributed by atoms with Gasteiger partial charge in [0.2, 0.25) is 0 Å². The lowest BCUT2D eigenvalue weighted by atomic mass is 10.1. The number of nitrogens with one attached hydrogen (secondary N) is 1. The molecule has 2 heteroatoms. The van der Waals surface area contributed by atoms with Crippen LogP contribution in [0.4, 0.5) is 5.69 Å². The molecule has 0 aliphatic carbocycles. The Labute approximate surface area is 91.2 Å². The maximum Gasteiger partial charge on any atom is 0.0992 e. The number of nitrogens with zero attached hydrogens (tertiary/aromatic N) is 1. The molecule has 0 spiro atoms. The molecule has 0 amide bonds. The summed E-state index contributed by atoms with van der Waals surface area (Å²) >= 11 is 0. The molecule has 0 saturated heterocycles. The molecule has 0 aromatic heterocycles. The van der Waals surface area contributed by atoms with Gasteiger partial charge in [0.05, 0.1) is 11.6 Å². The van der Waals surface area contributed by atoms with E-state index in [0.29, 0.717) is 5.56 Å². The van der Waals surface area contributed by atoms with Gasteiger partial charge < -0.3 is 5.32 Å². The van der Waals surface area contributed by atoms with Gasteiger partial charge in [-0.1, -0.05) is 17.7 Å². The van der Waals surface area contributed by atoms with Gasteiger partial charge in [-0.25, -0.2) is 0 Å². The zero-order chi connectivity index (χ0) is 11.3. The van der Waals surface area contributed by atoms with Gasteiger partial charge in [-0.05, 0) is 38.5 Å². The Kier molecular flexibility index (Phi) is 3.93. The number of nitriles is 1. The molecule has 1 N–H and O–H groups in total. The number of benzene rings is 1. The van der Waals surface area contributed by atoms with Crippen molar-refractivity contribution < 1.29 is 0 Å². The lowest BCUT2D eigenvalue weighted by molar-refractivity contribution is 1.25. The number of rotatable bonds is 3. The van der Waals surface area contributed by atoms with E-state index in [9.17, 15) is 0 Å². The summed E-state index contributed by atoms with van der Waals surface area (Å²) in [6, 6.07) is 7.82. The highest BCUT2D eigenvalue weighted by Crippen LogP contribution is 2.16. The average molecular weight is 200 g/mol. The van der Waals surface area contributed by atoms with Crippen molar-refractivity contribution in [3.63, 3.8) is 0 Å². The van der Waals surface area contributed by atoms with Crippen LogP contribution in [0.1, 0.15) is 25.0 Å². The third kappa shape index (κ3) is 3.47. The van der Waals surface area contributed by atoms with Crippen LogP contribution in [0.5, 0.6) is 0 Å². The maximum absolute atomic E-state index is 8.78. The van der Waals surface area contributed by atoms with E-state index >= 15 is 0 Å². The number of hydrogen-bond acceptors (Lipinski definition) is 2. The Hall–Kier alpha value is -1.75. The second-order valence-electron chi connectivity index (χ2n) is 3.80. The van der Waals surface area contributed by atoms with Crippen LogP contribution < -0.4 is 5.32 Å². The SMILES string of the molecule is CC(C)=CCNc1cc(C#N)ccc1C. The molecule has 0 fully saturated rings. The molecular weight excluding hydrogens is 184 g/mol. The van der Waals surface area contributed by atoms with Gasteiger partial charge in [0, 0.05) is 12.2 Å². The van der Waals surface area contributed by atoms with E-state index in [1.54, 1.807) is 0 Å². The summed E-state index contributed by atoms with van der Waals surface area (Å²) in [4.78, 5) is 0. The second kappa shape index (κ2) is 5.21. The summed E-state index contributed by atoms with van der Waals surface area (Å²) in [5.41, 5.74) is 4.18. The van der Waals surface area contributed by atoms with Gasteiger partial charge in [-0.2, -0.15) is 5.26 Å². The second-order valence-corrected chi connectivity index (χ2v) is 3.80. The number of allylic oxidation sites excluding steroid dienone is 1. The van der Waals surface area contributed by atoms with Crippen molar-refractivity contribution in [3.05, 3.63) is 41.0 Å². The van der Waals surface area contributed by atoms with Crippen LogP contribution >= 0.6 is 0 Å². The number of hydrogen-bond donors (Lipinski definition) is 1. The van der Waals surface area contributed by atoms with E-state index in [2.05, 4.69) is 31.3 Å². The normalized spacial score (nSPS) is 9.20. The molecule has 0 radical (unpaired) electrons. The van der Waals surface area contributed by atoms with Crippen LogP contribution in [0.15, 0.2) is 29.8 Å². The van der Waals surface area contributed by atoms with E-state index in [1.807, 2.05) is 25.1 Å². The first-order valence-electron chi connectivity index (χ1n) is 5.01. The topological polar surface area (TPSA) is 35.8 Å². The average Bonchev–Trinajstić information content (AvgIpc) is 2.20. The Morgan fingerprint density at radius 1 is 1.47 bits per heavy atom. The lowest BCUT2D eigenvalue weighted by Crippen LogP contribution is -2.00. The highest BCUT2D eigenvalue weighted by atomic mass is 14.9. The third-order valence-corrected chi connectivity index (χ3v) is 2.17. The Balaban J connectivity index is 2.76. The van der Waals surface area contributed by atoms with Gasteiger partial charge in [0.25, 0.3) is 0 Å². The first-order valence-corrected chi connectivity index (χ1v) is 5.01. The molecule has 0 heterocycles. The molecule has 2 nitrogen and oxygen atoms in total. The van der Waals surface area contributed by atoms with Crippen LogP contribution in [0, 0.1) is 18.3 Å². The first-order chi connectivity index (χ1) is 7.13. The molecule has 78 valence electrons. The summed E-state index contributed by atoms with van der Waals surface area (Å²) in [7, 11) is 0. The summed E-state index contributed by atoms with van der Waals surface area (Å²) < 4.78 is 0. The first kappa shape index (κ1) is 11.3. The van der Waals surface area contributed by atoms with Crippen molar-refractivity contribution in [2.24, 2.45) is 0 Å². The van der Waals surface area contributed by atoms with E-state index in [-0.39, 0.29) is 0 Å². The van der Waals surface area contributed by atoms with Crippen molar-refractivity contribution in [2.75, 3.05) is 11.9 Å². The Morgan fingerprint density at radius 3 is 2.80 bits per heavy atom. The summed E-state index contributed by atoms with van der Waals surface area (Å²) in [6.45, 7) is 6.98. The smallest absolute Gasteiger partial charge is 0.0992 e. The molecule has 1 aromatic carbocycles. The van der Waals surface area contributed by atoms with Crippen LogP contribution in [0.3, 0.4) is 0 Å². The fourth-order valence-corrected chi connectivity index (χ4v) is 1.25. The Morgan fingerprint density at radius 2 is 2.20 bits per heavy atom.